The predicted octanol–water partition coefficient (Wildman–Crippen LogP) is 2.16. The van der Waals surface area contributed by atoms with Gasteiger partial charge >= 0.3 is 0 Å². The van der Waals surface area contributed by atoms with Crippen LogP contribution in [-0.4, -0.2) is 16.7 Å². The maximum absolute atomic E-state index is 11.9. The van der Waals surface area contributed by atoms with Gasteiger partial charge in [-0.25, -0.2) is 4.98 Å². The topological polar surface area (TPSA) is 44.1 Å². The van der Waals surface area contributed by atoms with E-state index in [0.717, 1.165) is 25.1 Å². The number of nitrogens with zero attached hydrogens (tertiary/aromatic N) is 2. The predicted molar refractivity (Wildman–Crippen MR) is 68.4 cm³/mol. The van der Waals surface area contributed by atoms with Crippen molar-refractivity contribution in [1.82, 2.24) is 9.55 Å². The molecule has 0 N–H and O–H groups in total. The quantitative estimate of drug-likeness (QED) is 0.789. The smallest absolute Gasteiger partial charge is 0.295 e. The fourth-order valence-corrected chi connectivity index (χ4v) is 2.05. The molecule has 4 heteroatoms. The van der Waals surface area contributed by atoms with Crippen LogP contribution in [0.4, 0.5) is 0 Å². The minimum Gasteiger partial charge on any atom is -0.490 e. The number of hydrogen-bond acceptors (Lipinski definition) is 3. The summed E-state index contributed by atoms with van der Waals surface area (Å²) >= 11 is 0. The maximum Gasteiger partial charge on any atom is 0.295 e. The summed E-state index contributed by atoms with van der Waals surface area (Å²) in [5.74, 6) is 1.11. The number of methoxy groups -OCH3 is 1. The second-order valence-electron chi connectivity index (χ2n) is 5.20. The molecule has 0 fully saturated rings. The minimum absolute atomic E-state index is 0.121. The third-order valence-corrected chi connectivity index (χ3v) is 3.02. The molecule has 0 aliphatic heterocycles. The lowest BCUT2D eigenvalue weighted by Crippen LogP contribution is -2.27. The van der Waals surface area contributed by atoms with Crippen LogP contribution in [0.1, 0.15) is 39.4 Å². The van der Waals surface area contributed by atoms with Crippen LogP contribution in [0.2, 0.25) is 0 Å². The summed E-state index contributed by atoms with van der Waals surface area (Å²) in [5.41, 5.74) is 0.0466. The largest absolute Gasteiger partial charge is 0.490 e. The molecule has 1 rings (SSSR count). The Balaban J connectivity index is 3.01. The first kappa shape index (κ1) is 13.7. The van der Waals surface area contributed by atoms with Gasteiger partial charge in [-0.2, -0.15) is 0 Å². The number of hydrogen-bond donors (Lipinski definition) is 0. The van der Waals surface area contributed by atoms with Crippen LogP contribution in [0, 0.1) is 5.41 Å². The van der Waals surface area contributed by atoms with Crippen molar-refractivity contribution in [3.63, 3.8) is 0 Å². The van der Waals surface area contributed by atoms with Gasteiger partial charge in [-0.15, -0.1) is 0 Å². The zero-order valence-corrected chi connectivity index (χ0v) is 11.4. The van der Waals surface area contributed by atoms with Crippen molar-refractivity contribution in [2.45, 2.75) is 40.0 Å². The summed E-state index contributed by atoms with van der Waals surface area (Å²) in [6.07, 6.45) is 4.57. The molecule has 0 aromatic carbocycles. The van der Waals surface area contributed by atoms with Gasteiger partial charge in [0.15, 0.2) is 0 Å². The van der Waals surface area contributed by atoms with Crippen molar-refractivity contribution < 1.29 is 4.74 Å². The van der Waals surface area contributed by atoms with E-state index >= 15 is 0 Å². The van der Waals surface area contributed by atoms with Crippen molar-refractivity contribution in [2.24, 2.45) is 12.5 Å². The Morgan fingerprint density at radius 1 is 1.47 bits per heavy atom. The average Bonchev–Trinajstić information content (AvgIpc) is 2.25. The molecule has 1 heterocycles. The maximum atomic E-state index is 11.9. The van der Waals surface area contributed by atoms with Crippen molar-refractivity contribution in [1.29, 1.82) is 0 Å². The lowest BCUT2D eigenvalue weighted by Gasteiger charge is -2.24. The van der Waals surface area contributed by atoms with Crippen LogP contribution < -0.4 is 10.3 Å². The molecule has 1 aromatic rings. The van der Waals surface area contributed by atoms with Crippen molar-refractivity contribution in [2.75, 3.05) is 7.11 Å². The standard InChI is InChI=1S/C13H22N2O2/c1-6-7-13(2,3)8-11-14-9-10(17-5)12(16)15(11)4/h9H,6-8H2,1-5H3. The van der Waals surface area contributed by atoms with Crippen molar-refractivity contribution >= 4 is 0 Å². The molecule has 0 aliphatic carbocycles. The molecule has 17 heavy (non-hydrogen) atoms. The highest BCUT2D eigenvalue weighted by Gasteiger charge is 2.20. The van der Waals surface area contributed by atoms with Crippen LogP contribution in [0.5, 0.6) is 5.75 Å². The lowest BCUT2D eigenvalue weighted by molar-refractivity contribution is 0.314. The van der Waals surface area contributed by atoms with Gasteiger partial charge in [0.1, 0.15) is 5.82 Å². The molecule has 4 nitrogen and oxygen atoms in total. The molecular weight excluding hydrogens is 216 g/mol. The van der Waals surface area contributed by atoms with E-state index in [0.29, 0.717) is 5.75 Å². The molecule has 0 radical (unpaired) electrons. The van der Waals surface area contributed by atoms with E-state index in [2.05, 4.69) is 25.8 Å². The number of rotatable bonds is 5. The normalized spacial score (nSPS) is 11.6. The summed E-state index contributed by atoms with van der Waals surface area (Å²) in [4.78, 5) is 16.2. The van der Waals surface area contributed by atoms with Crippen molar-refractivity contribution in [3.8, 4) is 5.75 Å². The molecular formula is C13H22N2O2. The Bertz CT molecular complexity index is 436. The second kappa shape index (κ2) is 5.34. The Hall–Kier alpha value is -1.32. The first-order chi connectivity index (χ1) is 7.91. The van der Waals surface area contributed by atoms with Crippen LogP contribution in [0.3, 0.4) is 0 Å². The Labute approximate surface area is 103 Å². The molecule has 0 spiro atoms. The minimum atomic E-state index is -0.121. The van der Waals surface area contributed by atoms with Gasteiger partial charge in [0, 0.05) is 13.5 Å². The molecule has 0 bridgehead atoms. The summed E-state index contributed by atoms with van der Waals surface area (Å²) in [5, 5.41) is 0. The van der Waals surface area contributed by atoms with Crippen LogP contribution in [0.25, 0.3) is 0 Å². The third kappa shape index (κ3) is 3.32. The van der Waals surface area contributed by atoms with E-state index in [-0.39, 0.29) is 11.0 Å². The molecule has 1 aromatic heterocycles. The van der Waals surface area contributed by atoms with Gasteiger partial charge in [-0.1, -0.05) is 27.2 Å². The summed E-state index contributed by atoms with van der Waals surface area (Å²) in [6, 6.07) is 0. The molecule has 0 aliphatic rings. The third-order valence-electron chi connectivity index (χ3n) is 3.02. The van der Waals surface area contributed by atoms with Gasteiger partial charge < -0.3 is 4.74 Å². The van der Waals surface area contributed by atoms with Gasteiger partial charge in [0.25, 0.3) is 5.56 Å². The molecule has 0 saturated carbocycles. The fourth-order valence-electron chi connectivity index (χ4n) is 2.05. The van der Waals surface area contributed by atoms with E-state index in [1.165, 1.54) is 13.3 Å². The highest BCUT2D eigenvalue weighted by molar-refractivity contribution is 5.14. The van der Waals surface area contributed by atoms with Crippen LogP contribution in [0.15, 0.2) is 11.0 Å². The Morgan fingerprint density at radius 2 is 2.12 bits per heavy atom. The van der Waals surface area contributed by atoms with Gasteiger partial charge in [0.2, 0.25) is 5.75 Å². The highest BCUT2D eigenvalue weighted by Crippen LogP contribution is 2.26. The first-order valence-electron chi connectivity index (χ1n) is 6.00. The second-order valence-corrected chi connectivity index (χ2v) is 5.20. The van der Waals surface area contributed by atoms with E-state index in [9.17, 15) is 4.79 Å². The van der Waals surface area contributed by atoms with Gasteiger partial charge in [0.05, 0.1) is 13.3 Å². The molecule has 0 saturated heterocycles. The highest BCUT2D eigenvalue weighted by atomic mass is 16.5. The van der Waals surface area contributed by atoms with E-state index < -0.39 is 0 Å². The molecule has 0 atom stereocenters. The zero-order valence-electron chi connectivity index (χ0n) is 11.4. The summed E-state index contributed by atoms with van der Waals surface area (Å²) < 4.78 is 6.54. The lowest BCUT2D eigenvalue weighted by atomic mass is 9.84. The first-order valence-corrected chi connectivity index (χ1v) is 6.00. The average molecular weight is 238 g/mol. The van der Waals surface area contributed by atoms with Crippen molar-refractivity contribution in [3.05, 3.63) is 22.4 Å². The van der Waals surface area contributed by atoms with Crippen LogP contribution in [-0.2, 0) is 13.5 Å². The summed E-state index contributed by atoms with van der Waals surface area (Å²) in [7, 11) is 3.23. The monoisotopic (exact) mass is 238 g/mol. The van der Waals surface area contributed by atoms with E-state index in [1.54, 1.807) is 11.6 Å². The van der Waals surface area contributed by atoms with Crippen LogP contribution >= 0.6 is 0 Å². The van der Waals surface area contributed by atoms with Gasteiger partial charge in [-0.05, 0) is 11.8 Å². The molecule has 96 valence electrons. The molecule has 0 amide bonds. The van der Waals surface area contributed by atoms with Gasteiger partial charge in [-0.3, -0.25) is 9.36 Å². The Kier molecular flexibility index (Phi) is 4.32. The molecule has 0 unspecified atom stereocenters. The zero-order chi connectivity index (χ0) is 13.1. The summed E-state index contributed by atoms with van der Waals surface area (Å²) in [6.45, 7) is 6.57. The number of ether oxygens (including phenoxy) is 1. The van der Waals surface area contributed by atoms with E-state index in [4.69, 9.17) is 4.74 Å². The number of aromatic nitrogens is 2. The SMILES string of the molecule is CCCC(C)(C)Cc1ncc(OC)c(=O)n1C. The van der Waals surface area contributed by atoms with E-state index in [1.807, 2.05) is 0 Å². The Morgan fingerprint density at radius 3 is 2.65 bits per heavy atom. The fraction of sp³-hybridized carbons (Fsp3) is 0.692.